The summed E-state index contributed by atoms with van der Waals surface area (Å²) < 4.78 is 7.24. The van der Waals surface area contributed by atoms with Gasteiger partial charge in [0.2, 0.25) is 0 Å². The average Bonchev–Trinajstić information content (AvgIpc) is 2.27. The average molecular weight is 389 g/mol. The van der Waals surface area contributed by atoms with Crippen molar-refractivity contribution in [2.24, 2.45) is 0 Å². The molecule has 1 aromatic carbocycles. The lowest BCUT2D eigenvalue weighted by Gasteiger charge is -2.27. The molecule has 1 heterocycles. The summed E-state index contributed by atoms with van der Waals surface area (Å²) in [4.78, 5) is 0.333. The van der Waals surface area contributed by atoms with Gasteiger partial charge in [-0.15, -0.1) is 0 Å². The van der Waals surface area contributed by atoms with Gasteiger partial charge in [-0.05, 0) is 52.8 Å². The molecule has 0 amide bonds. The molecule has 3 rings (SSSR count). The van der Waals surface area contributed by atoms with E-state index in [0.29, 0.717) is 4.83 Å². The molecular weight excluding hydrogens is 379 g/mol. The molecule has 0 radical (unpaired) electrons. The minimum absolute atomic E-state index is 0.333. The predicted molar refractivity (Wildman–Crippen MR) is 77.0 cm³/mol. The van der Waals surface area contributed by atoms with E-state index >= 15 is 0 Å². The second kappa shape index (κ2) is 4.18. The van der Waals surface area contributed by atoms with E-state index in [-0.39, 0.29) is 0 Å². The second-order valence-corrected chi connectivity index (χ2v) is 6.38. The van der Waals surface area contributed by atoms with Crippen LogP contribution < -0.4 is 4.74 Å². The normalized spacial score (nSPS) is 22.5. The van der Waals surface area contributed by atoms with Gasteiger partial charge in [0, 0.05) is 15.6 Å². The van der Waals surface area contributed by atoms with E-state index in [0.717, 1.165) is 24.4 Å². The lowest BCUT2D eigenvalue weighted by molar-refractivity contribution is 0.387. The molecule has 0 aromatic heterocycles. The Morgan fingerprint density at radius 2 is 2.25 bits per heavy atom. The van der Waals surface area contributed by atoms with Crippen LogP contribution in [0.5, 0.6) is 5.75 Å². The van der Waals surface area contributed by atoms with Gasteiger partial charge in [0.25, 0.3) is 0 Å². The molecule has 1 aliphatic heterocycles. The topological polar surface area (TPSA) is 9.23 Å². The van der Waals surface area contributed by atoms with Gasteiger partial charge in [0.15, 0.2) is 0 Å². The summed E-state index contributed by atoms with van der Waals surface area (Å²) in [6.07, 6.45) is 6.40. The maximum absolute atomic E-state index is 5.98. The number of allylic oxidation sites excluding steroid dienone is 4. The third-order valence-corrected chi connectivity index (χ3v) is 4.35. The Morgan fingerprint density at radius 1 is 1.38 bits per heavy atom. The van der Waals surface area contributed by atoms with Crippen LogP contribution >= 0.6 is 38.5 Å². The smallest absolute Gasteiger partial charge is 0.130 e. The van der Waals surface area contributed by atoms with Gasteiger partial charge in [0.1, 0.15) is 11.5 Å². The molecule has 0 saturated carbocycles. The Labute approximate surface area is 117 Å². The first-order chi connectivity index (χ1) is 7.74. The zero-order chi connectivity index (χ0) is 11.1. The van der Waals surface area contributed by atoms with Gasteiger partial charge in [-0.3, -0.25) is 0 Å². The molecule has 2 aliphatic rings. The Bertz CT molecular complexity index is 505. The van der Waals surface area contributed by atoms with Crippen LogP contribution in [-0.4, -0.2) is 4.83 Å². The minimum atomic E-state index is 0.333. The molecule has 1 unspecified atom stereocenters. The number of hydrogen-bond donors (Lipinski definition) is 0. The summed E-state index contributed by atoms with van der Waals surface area (Å²) in [7, 11) is 0. The molecule has 16 heavy (non-hydrogen) atoms. The predicted octanol–water partition coefficient (Wildman–Crippen LogP) is 4.20. The maximum atomic E-state index is 5.98. The van der Waals surface area contributed by atoms with Crippen LogP contribution in [-0.2, 0) is 6.42 Å². The van der Waals surface area contributed by atoms with Crippen molar-refractivity contribution in [3.63, 3.8) is 0 Å². The minimum Gasteiger partial charge on any atom is -0.460 e. The first kappa shape index (κ1) is 10.8. The van der Waals surface area contributed by atoms with Crippen LogP contribution in [0.15, 0.2) is 41.7 Å². The Balaban J connectivity index is 2.04. The van der Waals surface area contributed by atoms with Gasteiger partial charge >= 0.3 is 0 Å². The summed E-state index contributed by atoms with van der Waals surface area (Å²) in [5, 5.41) is 0. The number of hydrogen-bond acceptors (Lipinski definition) is 1. The highest BCUT2D eigenvalue weighted by atomic mass is 127. The van der Waals surface area contributed by atoms with Crippen molar-refractivity contribution in [2.45, 2.75) is 17.7 Å². The van der Waals surface area contributed by atoms with Gasteiger partial charge in [-0.2, -0.15) is 0 Å². The number of fused-ring (bicyclic) bond motifs is 1. The largest absolute Gasteiger partial charge is 0.460 e. The molecule has 0 spiro atoms. The number of alkyl halides is 1. The number of ether oxygens (including phenoxy) is 1. The van der Waals surface area contributed by atoms with Crippen molar-refractivity contribution in [1.82, 2.24) is 0 Å². The van der Waals surface area contributed by atoms with Crippen molar-refractivity contribution in [1.29, 1.82) is 0 Å². The highest BCUT2D eigenvalue weighted by molar-refractivity contribution is 14.1. The van der Waals surface area contributed by atoms with Gasteiger partial charge in [0.05, 0.1) is 4.83 Å². The molecule has 1 nitrogen and oxygen atoms in total. The standard InChI is InChI=1S/C13H10BrIO/c14-11-3-1-2-8-6-9-7-10(15)4-5-12(9)16-13(8)11/h1-2,4-5,7,11H,3,6H2. The van der Waals surface area contributed by atoms with Crippen molar-refractivity contribution >= 4 is 38.5 Å². The maximum Gasteiger partial charge on any atom is 0.130 e. The molecule has 1 aliphatic carbocycles. The van der Waals surface area contributed by atoms with Crippen molar-refractivity contribution in [3.8, 4) is 5.75 Å². The fraction of sp³-hybridized carbons (Fsp3) is 0.231. The highest BCUT2D eigenvalue weighted by Gasteiger charge is 2.25. The SMILES string of the molecule is BrC1CC=CC2=C1Oc1ccc(I)cc1C2. The van der Waals surface area contributed by atoms with Crippen molar-refractivity contribution < 1.29 is 4.74 Å². The third-order valence-electron chi connectivity index (χ3n) is 2.89. The first-order valence-electron chi connectivity index (χ1n) is 5.24. The van der Waals surface area contributed by atoms with Crippen LogP contribution in [0, 0.1) is 3.57 Å². The summed E-state index contributed by atoms with van der Waals surface area (Å²) in [6.45, 7) is 0. The lowest BCUT2D eigenvalue weighted by Crippen LogP contribution is -2.19. The summed E-state index contributed by atoms with van der Waals surface area (Å²) in [5.41, 5.74) is 2.60. The second-order valence-electron chi connectivity index (χ2n) is 4.03. The molecule has 0 fully saturated rings. The lowest BCUT2D eigenvalue weighted by atomic mass is 9.95. The van der Waals surface area contributed by atoms with Crippen molar-refractivity contribution in [2.75, 3.05) is 0 Å². The van der Waals surface area contributed by atoms with Gasteiger partial charge in [-0.25, -0.2) is 0 Å². The van der Waals surface area contributed by atoms with E-state index < -0.39 is 0 Å². The fourth-order valence-electron chi connectivity index (χ4n) is 2.11. The Morgan fingerprint density at radius 3 is 3.12 bits per heavy atom. The molecule has 0 bridgehead atoms. The Hall–Kier alpha value is -0.290. The molecule has 3 heteroatoms. The first-order valence-corrected chi connectivity index (χ1v) is 7.23. The molecular formula is C13H10BrIO. The molecule has 1 aromatic rings. The van der Waals surface area contributed by atoms with E-state index in [2.05, 4.69) is 68.9 Å². The van der Waals surface area contributed by atoms with E-state index in [4.69, 9.17) is 4.74 Å². The monoisotopic (exact) mass is 388 g/mol. The fourth-order valence-corrected chi connectivity index (χ4v) is 3.26. The van der Waals surface area contributed by atoms with E-state index in [1.165, 1.54) is 14.7 Å². The summed E-state index contributed by atoms with van der Waals surface area (Å²) >= 11 is 6.00. The van der Waals surface area contributed by atoms with Gasteiger partial charge < -0.3 is 4.74 Å². The number of halogens is 2. The highest BCUT2D eigenvalue weighted by Crippen LogP contribution is 2.37. The summed E-state index contributed by atoms with van der Waals surface area (Å²) in [6, 6.07) is 6.36. The third kappa shape index (κ3) is 1.84. The van der Waals surface area contributed by atoms with Crippen LogP contribution in [0.2, 0.25) is 0 Å². The number of rotatable bonds is 0. The van der Waals surface area contributed by atoms with E-state index in [9.17, 15) is 0 Å². The van der Waals surface area contributed by atoms with Crippen LogP contribution in [0.25, 0.3) is 0 Å². The molecule has 1 atom stereocenters. The van der Waals surface area contributed by atoms with E-state index in [1.807, 2.05) is 0 Å². The molecule has 82 valence electrons. The zero-order valence-electron chi connectivity index (χ0n) is 8.54. The van der Waals surface area contributed by atoms with E-state index in [1.54, 1.807) is 0 Å². The molecule has 0 saturated heterocycles. The molecule has 0 N–H and O–H groups in total. The zero-order valence-corrected chi connectivity index (χ0v) is 12.3. The quantitative estimate of drug-likeness (QED) is 0.478. The van der Waals surface area contributed by atoms with Crippen molar-refractivity contribution in [3.05, 3.63) is 50.8 Å². The van der Waals surface area contributed by atoms with Gasteiger partial charge in [-0.1, -0.05) is 28.1 Å². The Kier molecular flexibility index (Phi) is 2.83. The summed E-state index contributed by atoms with van der Waals surface area (Å²) in [5.74, 6) is 2.11. The van der Waals surface area contributed by atoms with Crippen LogP contribution in [0.4, 0.5) is 0 Å². The number of benzene rings is 1. The van der Waals surface area contributed by atoms with Crippen LogP contribution in [0.1, 0.15) is 12.0 Å². The van der Waals surface area contributed by atoms with Crippen LogP contribution in [0.3, 0.4) is 0 Å².